The lowest BCUT2D eigenvalue weighted by atomic mass is 10.1. The Balaban J connectivity index is 2.36. The summed E-state index contributed by atoms with van der Waals surface area (Å²) < 4.78 is 6.42. The second kappa shape index (κ2) is 7.95. The quantitative estimate of drug-likeness (QED) is 0.326. The van der Waals surface area contributed by atoms with Gasteiger partial charge < -0.3 is 4.43 Å². The number of rotatable bonds is 8. The molecule has 21 heavy (non-hydrogen) atoms. The fourth-order valence-electron chi connectivity index (χ4n) is 2.10. The van der Waals surface area contributed by atoms with Gasteiger partial charge in [-0.3, -0.25) is 0 Å². The molecule has 0 fully saturated rings. The van der Waals surface area contributed by atoms with Crippen molar-refractivity contribution in [1.29, 1.82) is 0 Å². The average molecular weight is 305 g/mol. The minimum Gasteiger partial charge on any atom is -0.411 e. The van der Waals surface area contributed by atoms with Gasteiger partial charge in [-0.25, -0.2) is 0 Å². The summed E-state index contributed by atoms with van der Waals surface area (Å²) in [5.41, 5.74) is 1.43. The number of aryl methyl sites for hydroxylation is 1. The zero-order valence-corrected chi connectivity index (χ0v) is 15.5. The maximum Gasteiger partial charge on any atom is 0.192 e. The largest absolute Gasteiger partial charge is 0.411 e. The van der Waals surface area contributed by atoms with E-state index < -0.39 is 8.32 Å². The summed E-state index contributed by atoms with van der Waals surface area (Å²) >= 11 is 0. The van der Waals surface area contributed by atoms with Crippen LogP contribution in [0.3, 0.4) is 0 Å². The van der Waals surface area contributed by atoms with Crippen LogP contribution in [-0.4, -0.2) is 14.4 Å². The number of benzene rings is 1. The van der Waals surface area contributed by atoms with Crippen molar-refractivity contribution < 1.29 is 4.43 Å². The van der Waals surface area contributed by atoms with Crippen LogP contribution in [0.2, 0.25) is 18.1 Å². The zero-order valence-electron chi connectivity index (χ0n) is 14.5. The summed E-state index contributed by atoms with van der Waals surface area (Å²) in [6.07, 6.45) is 6.85. The van der Waals surface area contributed by atoms with Crippen molar-refractivity contribution in [3.8, 4) is 0 Å². The molecule has 0 spiro atoms. The van der Waals surface area contributed by atoms with E-state index in [9.17, 15) is 0 Å². The van der Waals surface area contributed by atoms with Crippen LogP contribution < -0.4 is 0 Å². The van der Waals surface area contributed by atoms with Crippen LogP contribution in [-0.2, 0) is 10.8 Å². The van der Waals surface area contributed by atoms with Gasteiger partial charge in [-0.1, -0.05) is 63.6 Å². The molecule has 2 heteroatoms. The fourth-order valence-corrected chi connectivity index (χ4v) is 3.42. The van der Waals surface area contributed by atoms with Crippen LogP contribution in [0.15, 0.2) is 43.0 Å². The smallest absolute Gasteiger partial charge is 0.192 e. The van der Waals surface area contributed by atoms with Gasteiger partial charge in [-0.05, 0) is 43.0 Å². The molecule has 1 aromatic carbocycles. The minimum atomic E-state index is -1.68. The lowest BCUT2D eigenvalue weighted by molar-refractivity contribution is 0.211. The second-order valence-corrected chi connectivity index (χ2v) is 12.1. The predicted octanol–water partition coefficient (Wildman–Crippen LogP) is 5.98. The van der Waals surface area contributed by atoms with E-state index in [0.717, 1.165) is 12.8 Å². The third-order valence-electron chi connectivity index (χ3n) is 4.56. The Kier molecular flexibility index (Phi) is 6.89. The van der Waals surface area contributed by atoms with E-state index in [1.807, 2.05) is 6.08 Å². The molecule has 0 radical (unpaired) electrons. The summed E-state index contributed by atoms with van der Waals surface area (Å²) in [7, 11) is -1.68. The highest BCUT2D eigenvalue weighted by atomic mass is 28.4. The molecule has 0 amide bonds. The van der Waals surface area contributed by atoms with Crippen molar-refractivity contribution in [2.45, 2.75) is 70.7 Å². The first-order valence-electron chi connectivity index (χ1n) is 8.10. The van der Waals surface area contributed by atoms with Gasteiger partial charge in [-0.2, -0.15) is 0 Å². The average Bonchev–Trinajstić information content (AvgIpc) is 2.42. The summed E-state index contributed by atoms with van der Waals surface area (Å²) in [5, 5.41) is 0.262. The SMILES string of the molecule is C=C[C@@H](CCCCc1ccccc1)O[Si](C)(C)C(C)(C)C. The van der Waals surface area contributed by atoms with Crippen LogP contribution in [0.25, 0.3) is 0 Å². The summed E-state index contributed by atoms with van der Waals surface area (Å²) in [6.45, 7) is 15.4. The summed E-state index contributed by atoms with van der Waals surface area (Å²) in [4.78, 5) is 0. The topological polar surface area (TPSA) is 9.23 Å². The van der Waals surface area contributed by atoms with Gasteiger partial charge in [0.05, 0.1) is 6.10 Å². The molecule has 118 valence electrons. The minimum absolute atomic E-state index is 0.210. The molecule has 0 N–H and O–H groups in total. The van der Waals surface area contributed by atoms with Crippen LogP contribution in [0.1, 0.15) is 45.6 Å². The number of hydrogen-bond donors (Lipinski definition) is 0. The van der Waals surface area contributed by atoms with E-state index in [-0.39, 0.29) is 11.1 Å². The molecule has 0 heterocycles. The van der Waals surface area contributed by atoms with Crippen molar-refractivity contribution in [1.82, 2.24) is 0 Å². The predicted molar refractivity (Wildman–Crippen MR) is 96.3 cm³/mol. The molecule has 0 aromatic heterocycles. The lowest BCUT2D eigenvalue weighted by Gasteiger charge is -2.38. The van der Waals surface area contributed by atoms with Crippen LogP contribution in [0.5, 0.6) is 0 Å². The lowest BCUT2D eigenvalue weighted by Crippen LogP contribution is -2.43. The van der Waals surface area contributed by atoms with Gasteiger partial charge in [0.15, 0.2) is 8.32 Å². The molecule has 0 unspecified atom stereocenters. The molecule has 0 aliphatic carbocycles. The Hall–Kier alpha value is -0.863. The van der Waals surface area contributed by atoms with Gasteiger partial charge in [0.1, 0.15) is 0 Å². The highest BCUT2D eigenvalue weighted by Crippen LogP contribution is 2.37. The molecule has 1 atom stereocenters. The third kappa shape index (κ3) is 6.19. The third-order valence-corrected chi connectivity index (χ3v) is 9.07. The molecule has 1 aromatic rings. The van der Waals surface area contributed by atoms with E-state index >= 15 is 0 Å². The summed E-state index contributed by atoms with van der Waals surface area (Å²) in [6, 6.07) is 10.7. The molecular weight excluding hydrogens is 272 g/mol. The molecule has 1 nitrogen and oxygen atoms in total. The van der Waals surface area contributed by atoms with Crippen LogP contribution in [0.4, 0.5) is 0 Å². The Labute approximate surface area is 132 Å². The molecular formula is C19H32OSi. The van der Waals surface area contributed by atoms with Gasteiger partial charge in [0, 0.05) is 0 Å². The van der Waals surface area contributed by atoms with E-state index in [4.69, 9.17) is 4.43 Å². The molecule has 0 aliphatic heterocycles. The standard InChI is InChI=1S/C19H32OSi/c1-7-18(20-21(5,6)19(2,3)4)16-12-11-15-17-13-9-8-10-14-17/h7-10,13-14,18H,1,11-12,15-16H2,2-6H3/t18-/m0/s1. The first-order chi connectivity index (χ1) is 9.76. The maximum absolute atomic E-state index is 6.42. The fraction of sp³-hybridized carbons (Fsp3) is 0.579. The first-order valence-corrected chi connectivity index (χ1v) is 11.0. The Morgan fingerprint density at radius 2 is 1.76 bits per heavy atom. The normalized spacial score (nSPS) is 14.0. The summed E-state index contributed by atoms with van der Waals surface area (Å²) in [5.74, 6) is 0. The number of hydrogen-bond acceptors (Lipinski definition) is 1. The van der Waals surface area contributed by atoms with Crippen LogP contribution in [0, 0.1) is 0 Å². The van der Waals surface area contributed by atoms with Crippen molar-refractivity contribution in [3.63, 3.8) is 0 Å². The monoisotopic (exact) mass is 304 g/mol. The van der Waals surface area contributed by atoms with E-state index in [1.54, 1.807) is 0 Å². The van der Waals surface area contributed by atoms with Crippen LogP contribution >= 0.6 is 0 Å². The Morgan fingerprint density at radius 1 is 1.14 bits per heavy atom. The highest BCUT2D eigenvalue weighted by molar-refractivity contribution is 6.74. The zero-order chi connectivity index (χ0) is 15.9. The van der Waals surface area contributed by atoms with E-state index in [1.165, 1.54) is 18.4 Å². The number of unbranched alkanes of at least 4 members (excludes halogenated alkanes) is 1. The Morgan fingerprint density at radius 3 is 2.29 bits per heavy atom. The van der Waals surface area contributed by atoms with Gasteiger partial charge in [-0.15, -0.1) is 6.58 Å². The van der Waals surface area contributed by atoms with Crippen molar-refractivity contribution in [2.24, 2.45) is 0 Å². The highest BCUT2D eigenvalue weighted by Gasteiger charge is 2.38. The van der Waals surface area contributed by atoms with E-state index in [2.05, 4.69) is 70.8 Å². The van der Waals surface area contributed by atoms with Gasteiger partial charge >= 0.3 is 0 Å². The Bertz CT molecular complexity index is 417. The van der Waals surface area contributed by atoms with Gasteiger partial charge in [0.25, 0.3) is 0 Å². The van der Waals surface area contributed by atoms with Crippen molar-refractivity contribution >= 4 is 8.32 Å². The van der Waals surface area contributed by atoms with Gasteiger partial charge in [0.2, 0.25) is 0 Å². The molecule has 1 rings (SSSR count). The maximum atomic E-state index is 6.42. The van der Waals surface area contributed by atoms with E-state index in [0.29, 0.717) is 0 Å². The molecule has 0 aliphatic rings. The molecule has 0 bridgehead atoms. The van der Waals surface area contributed by atoms with Crippen molar-refractivity contribution in [3.05, 3.63) is 48.6 Å². The second-order valence-electron chi connectivity index (χ2n) is 7.38. The molecule has 0 saturated heterocycles. The van der Waals surface area contributed by atoms with Crippen molar-refractivity contribution in [2.75, 3.05) is 0 Å². The molecule has 0 saturated carbocycles. The first kappa shape index (κ1) is 18.2.